The molecule has 2 aromatic heterocycles. The normalized spacial score (nSPS) is 10.9. The lowest BCUT2D eigenvalue weighted by Gasteiger charge is -2.10. The van der Waals surface area contributed by atoms with E-state index < -0.39 is 14.2 Å². The molecule has 4 N–H and O–H groups in total. The Bertz CT molecular complexity index is 2120. The lowest BCUT2D eigenvalue weighted by Crippen LogP contribution is -2.29. The maximum Gasteiger partial charge on any atom is 0.488 e. The van der Waals surface area contributed by atoms with Crippen LogP contribution < -0.4 is 10.9 Å². The zero-order chi connectivity index (χ0) is 33.0. The molecule has 0 amide bonds. The molecule has 48 heavy (non-hydrogen) atoms. The Morgan fingerprint density at radius 2 is 0.708 bits per heavy atom. The van der Waals surface area contributed by atoms with Gasteiger partial charge in [-0.3, -0.25) is 9.13 Å². The summed E-state index contributed by atoms with van der Waals surface area (Å²) in [6, 6.07) is 50.4. The molecule has 0 aliphatic carbocycles. The summed E-state index contributed by atoms with van der Waals surface area (Å²) in [6.45, 7) is 0. The molecule has 0 radical (unpaired) electrons. The molecule has 0 aliphatic rings. The van der Waals surface area contributed by atoms with Gasteiger partial charge in [-0.25, -0.2) is 9.97 Å². The van der Waals surface area contributed by atoms with E-state index in [1.807, 2.05) is 133 Å². The van der Waals surface area contributed by atoms with Gasteiger partial charge in [0.05, 0.1) is 22.1 Å². The summed E-state index contributed by atoms with van der Waals surface area (Å²) in [5.74, 6) is 1.64. The van der Waals surface area contributed by atoms with Crippen LogP contribution in [0.3, 0.4) is 0 Å². The minimum atomic E-state index is -1.47. The van der Waals surface area contributed by atoms with E-state index in [1.54, 1.807) is 24.3 Å². The highest BCUT2D eigenvalue weighted by Crippen LogP contribution is 2.29. The van der Waals surface area contributed by atoms with Gasteiger partial charge in [0.25, 0.3) is 0 Å². The number of para-hydroxylation sites is 6. The molecule has 0 bridgehead atoms. The van der Waals surface area contributed by atoms with Crippen LogP contribution in [0.2, 0.25) is 0 Å². The molecule has 232 valence electrons. The van der Waals surface area contributed by atoms with Gasteiger partial charge < -0.3 is 20.1 Å². The number of hydrogen-bond donors (Lipinski definition) is 4. The summed E-state index contributed by atoms with van der Waals surface area (Å²) in [5.41, 5.74) is 8.72. The van der Waals surface area contributed by atoms with Gasteiger partial charge in [0.15, 0.2) is 0 Å². The van der Waals surface area contributed by atoms with Crippen molar-refractivity contribution < 1.29 is 20.1 Å². The van der Waals surface area contributed by atoms with Crippen LogP contribution in [0.15, 0.2) is 158 Å². The minimum Gasteiger partial charge on any atom is -0.423 e. The predicted octanol–water partition coefficient (Wildman–Crippen LogP) is 4.74. The van der Waals surface area contributed by atoms with E-state index in [1.165, 1.54) is 0 Å². The summed E-state index contributed by atoms with van der Waals surface area (Å²) in [5, 5.41) is 37.1. The number of benzene rings is 6. The molecule has 8 rings (SSSR count). The second-order valence-electron chi connectivity index (χ2n) is 11.2. The molecule has 0 saturated heterocycles. The first kappa shape index (κ1) is 30.9. The van der Waals surface area contributed by atoms with E-state index in [0.29, 0.717) is 10.9 Å². The maximum atomic E-state index is 9.27. The maximum absolute atomic E-state index is 9.27. The molecule has 8 nitrogen and oxygen atoms in total. The van der Waals surface area contributed by atoms with Crippen LogP contribution in [0, 0.1) is 0 Å². The van der Waals surface area contributed by atoms with Gasteiger partial charge in [0, 0.05) is 22.5 Å². The second kappa shape index (κ2) is 13.5. The molecule has 0 spiro atoms. The topological polar surface area (TPSA) is 117 Å². The monoisotopic (exact) mass is 628 g/mol. The Balaban J connectivity index is 0.000000152. The van der Waals surface area contributed by atoms with E-state index in [2.05, 4.69) is 9.13 Å². The van der Waals surface area contributed by atoms with E-state index >= 15 is 0 Å². The zero-order valence-electron chi connectivity index (χ0n) is 25.7. The summed E-state index contributed by atoms with van der Waals surface area (Å²) in [7, 11) is -2.93. The fourth-order valence-corrected chi connectivity index (χ4v) is 5.72. The van der Waals surface area contributed by atoms with E-state index in [-0.39, 0.29) is 0 Å². The van der Waals surface area contributed by atoms with E-state index in [4.69, 9.17) is 9.97 Å². The highest BCUT2D eigenvalue weighted by molar-refractivity contribution is 6.59. The van der Waals surface area contributed by atoms with Gasteiger partial charge in [-0.2, -0.15) is 0 Å². The first-order chi connectivity index (χ1) is 23.5. The lowest BCUT2D eigenvalue weighted by atomic mass is 9.80. The quantitative estimate of drug-likeness (QED) is 0.198. The van der Waals surface area contributed by atoms with Crippen LogP contribution in [-0.4, -0.2) is 53.4 Å². The Morgan fingerprint density at radius 3 is 1.06 bits per heavy atom. The van der Waals surface area contributed by atoms with Gasteiger partial charge in [-0.15, -0.1) is 0 Å². The van der Waals surface area contributed by atoms with Gasteiger partial charge in [0.2, 0.25) is 0 Å². The number of nitrogens with zero attached hydrogens (tertiary/aromatic N) is 4. The molecule has 8 aromatic rings. The fourth-order valence-electron chi connectivity index (χ4n) is 5.72. The summed E-state index contributed by atoms with van der Waals surface area (Å²) in [6.07, 6.45) is 0. The van der Waals surface area contributed by atoms with Gasteiger partial charge in [0.1, 0.15) is 11.6 Å². The molecule has 0 unspecified atom stereocenters. The fraction of sp³-hybridized carbons (Fsp3) is 0. The third-order valence-electron chi connectivity index (χ3n) is 8.08. The third kappa shape index (κ3) is 6.16. The van der Waals surface area contributed by atoms with Crippen LogP contribution >= 0.6 is 0 Å². The third-order valence-corrected chi connectivity index (χ3v) is 8.08. The smallest absolute Gasteiger partial charge is 0.423 e. The predicted molar refractivity (Wildman–Crippen MR) is 193 cm³/mol. The van der Waals surface area contributed by atoms with Crippen molar-refractivity contribution in [2.24, 2.45) is 0 Å². The van der Waals surface area contributed by atoms with Crippen LogP contribution in [0.25, 0.3) is 56.2 Å². The number of imidazole rings is 2. The first-order valence-corrected chi connectivity index (χ1v) is 15.5. The van der Waals surface area contributed by atoms with Crippen LogP contribution in [-0.2, 0) is 0 Å². The van der Waals surface area contributed by atoms with Crippen molar-refractivity contribution in [1.29, 1.82) is 0 Å². The number of aromatic nitrogens is 4. The summed E-state index contributed by atoms with van der Waals surface area (Å²) >= 11 is 0. The average Bonchev–Trinajstić information content (AvgIpc) is 3.72. The Hall–Kier alpha value is -5.77. The zero-order valence-corrected chi connectivity index (χ0v) is 25.7. The molecule has 2 heterocycles. The van der Waals surface area contributed by atoms with Crippen molar-refractivity contribution in [3.63, 3.8) is 0 Å². The van der Waals surface area contributed by atoms with Crippen LogP contribution in [0.1, 0.15) is 0 Å². The number of hydrogen-bond acceptors (Lipinski definition) is 6. The second-order valence-corrected chi connectivity index (χ2v) is 11.2. The van der Waals surface area contributed by atoms with E-state index in [0.717, 1.165) is 56.2 Å². The molecule has 10 heteroatoms. The largest absolute Gasteiger partial charge is 0.488 e. The standard InChI is InChI=1S/2C19H15BN2O2/c2*23-20(24)15-12-10-14(11-13-15)19-21-17-8-4-5-9-18(17)22(19)16-6-2-1-3-7-16/h2*1-13,23-24H. The average molecular weight is 628 g/mol. The van der Waals surface area contributed by atoms with Crippen molar-refractivity contribution >= 4 is 47.2 Å². The van der Waals surface area contributed by atoms with Crippen molar-refractivity contribution in [3.05, 3.63) is 158 Å². The number of fused-ring (bicyclic) bond motifs is 2. The Morgan fingerprint density at radius 1 is 0.375 bits per heavy atom. The number of rotatable bonds is 6. The highest BCUT2D eigenvalue weighted by Gasteiger charge is 2.17. The van der Waals surface area contributed by atoms with Gasteiger partial charge in [-0.05, 0) is 59.5 Å². The minimum absolute atomic E-state index is 0.459. The van der Waals surface area contributed by atoms with E-state index in [9.17, 15) is 20.1 Å². The van der Waals surface area contributed by atoms with Gasteiger partial charge >= 0.3 is 14.2 Å². The van der Waals surface area contributed by atoms with Crippen LogP contribution in [0.4, 0.5) is 0 Å². The Labute approximate surface area is 277 Å². The van der Waals surface area contributed by atoms with Crippen molar-refractivity contribution in [1.82, 2.24) is 19.1 Å². The summed E-state index contributed by atoms with van der Waals surface area (Å²) in [4.78, 5) is 9.54. The van der Waals surface area contributed by atoms with Crippen molar-refractivity contribution in [3.8, 4) is 34.2 Å². The lowest BCUT2D eigenvalue weighted by molar-refractivity contribution is 0.424. The molecule has 0 aliphatic heterocycles. The summed E-state index contributed by atoms with van der Waals surface area (Å²) < 4.78 is 4.22. The molecule has 0 saturated carbocycles. The highest BCUT2D eigenvalue weighted by atomic mass is 16.4. The molecule has 6 aromatic carbocycles. The SMILES string of the molecule is OB(O)c1ccc(-c2nc3ccccc3n2-c2ccccc2)cc1.OB(O)c1ccc(-c2nc3ccccc3n2-c2ccccc2)cc1. The molecule has 0 fully saturated rings. The van der Waals surface area contributed by atoms with Crippen molar-refractivity contribution in [2.75, 3.05) is 0 Å². The molecular formula is C38H30B2N4O4. The first-order valence-electron chi connectivity index (χ1n) is 15.5. The Kier molecular flexibility index (Phi) is 8.70. The van der Waals surface area contributed by atoms with Gasteiger partial charge in [-0.1, -0.05) is 109 Å². The van der Waals surface area contributed by atoms with Crippen molar-refractivity contribution in [2.45, 2.75) is 0 Å². The molecular weight excluding hydrogens is 598 g/mol. The van der Waals surface area contributed by atoms with Crippen LogP contribution in [0.5, 0.6) is 0 Å². The molecule has 0 atom stereocenters.